The van der Waals surface area contributed by atoms with Crippen LogP contribution in [0.2, 0.25) is 18.1 Å². The number of hydrogen-bond donors (Lipinski definition) is 2. The van der Waals surface area contributed by atoms with Crippen molar-refractivity contribution in [3.63, 3.8) is 0 Å². The van der Waals surface area contributed by atoms with Gasteiger partial charge in [0, 0.05) is 30.0 Å². The van der Waals surface area contributed by atoms with E-state index < -0.39 is 18.3 Å². The molecule has 4 rings (SSSR count). The van der Waals surface area contributed by atoms with Gasteiger partial charge in [0.15, 0.2) is 8.32 Å². The molecule has 2 saturated carbocycles. The lowest BCUT2D eigenvalue weighted by Crippen LogP contribution is -2.44. The van der Waals surface area contributed by atoms with Crippen LogP contribution in [0.25, 0.3) is 0 Å². The molecule has 1 heterocycles. The Morgan fingerprint density at radius 1 is 1.19 bits per heavy atom. The van der Waals surface area contributed by atoms with E-state index in [-0.39, 0.29) is 22.8 Å². The zero-order valence-corrected chi connectivity index (χ0v) is 21.7. The van der Waals surface area contributed by atoms with E-state index in [0.717, 1.165) is 31.0 Å². The van der Waals surface area contributed by atoms with Gasteiger partial charge in [-0.05, 0) is 73.4 Å². The van der Waals surface area contributed by atoms with Crippen molar-refractivity contribution in [3.8, 4) is 0 Å². The lowest BCUT2D eigenvalue weighted by Gasteiger charge is -2.45. The second-order valence-electron chi connectivity index (χ2n) is 11.5. The van der Waals surface area contributed by atoms with Crippen LogP contribution in [-0.2, 0) is 14.4 Å². The van der Waals surface area contributed by atoms with Gasteiger partial charge in [0.25, 0.3) is 0 Å². The van der Waals surface area contributed by atoms with Crippen LogP contribution in [0.3, 0.4) is 0 Å². The SMILES string of the molecule is CC(C)(C)[Si](C)(C)OCCS(=O)(=O)NC1=CC=C2NCC=C2C12CCCC(C1CC1)C2. The van der Waals surface area contributed by atoms with E-state index in [1.807, 2.05) is 6.08 Å². The largest absolute Gasteiger partial charge is 0.416 e. The lowest BCUT2D eigenvalue weighted by atomic mass is 9.61. The minimum atomic E-state index is -3.47. The monoisotopic (exact) mass is 464 g/mol. The van der Waals surface area contributed by atoms with Crippen LogP contribution in [-0.4, -0.2) is 35.6 Å². The molecule has 2 fully saturated rings. The summed E-state index contributed by atoms with van der Waals surface area (Å²) >= 11 is 0. The number of sulfonamides is 1. The number of hydrogen-bond acceptors (Lipinski definition) is 4. The first-order valence-corrected chi connectivity index (χ1v) is 16.5. The molecule has 0 amide bonds. The molecular weight excluding hydrogens is 424 g/mol. The van der Waals surface area contributed by atoms with Gasteiger partial charge >= 0.3 is 0 Å². The van der Waals surface area contributed by atoms with Crippen LogP contribution < -0.4 is 10.0 Å². The Morgan fingerprint density at radius 3 is 2.61 bits per heavy atom. The van der Waals surface area contributed by atoms with Crippen LogP contribution >= 0.6 is 0 Å². The number of fused-ring (bicyclic) bond motifs is 2. The number of nitrogens with one attached hydrogen (secondary N) is 2. The summed E-state index contributed by atoms with van der Waals surface area (Å²) in [4.78, 5) is 0. The van der Waals surface area contributed by atoms with E-state index in [1.54, 1.807) is 0 Å². The Labute approximate surface area is 190 Å². The van der Waals surface area contributed by atoms with Crippen molar-refractivity contribution in [2.45, 2.75) is 77.4 Å². The Balaban J connectivity index is 1.50. The Morgan fingerprint density at radius 2 is 1.94 bits per heavy atom. The summed E-state index contributed by atoms with van der Waals surface area (Å²) < 4.78 is 35.4. The molecule has 0 bridgehead atoms. The molecule has 2 unspecified atom stereocenters. The highest BCUT2D eigenvalue weighted by atomic mass is 32.2. The van der Waals surface area contributed by atoms with Gasteiger partial charge < -0.3 is 9.74 Å². The molecule has 0 radical (unpaired) electrons. The quantitative estimate of drug-likeness (QED) is 0.530. The van der Waals surface area contributed by atoms with Crippen molar-refractivity contribution >= 4 is 18.3 Å². The standard InChI is InChI=1S/C24H40N2O3SSi/c1-23(2,3)31(4,5)29-15-16-30(27,28)26-22-11-10-21-20(12-14-25-21)24(22)13-6-7-19(17-24)18-8-9-18/h10-12,18-19,25-26H,6-9,13-17H2,1-5H3. The van der Waals surface area contributed by atoms with Gasteiger partial charge in [-0.2, -0.15) is 0 Å². The first-order chi connectivity index (χ1) is 14.4. The predicted octanol–water partition coefficient (Wildman–Crippen LogP) is 4.83. The van der Waals surface area contributed by atoms with Gasteiger partial charge in [0.1, 0.15) is 0 Å². The molecule has 2 N–H and O–H groups in total. The Hall–Kier alpha value is -1.05. The van der Waals surface area contributed by atoms with Crippen LogP contribution in [0.4, 0.5) is 0 Å². The first kappa shape index (κ1) is 23.1. The molecule has 0 saturated heterocycles. The predicted molar refractivity (Wildman–Crippen MR) is 129 cm³/mol. The van der Waals surface area contributed by atoms with Gasteiger partial charge in [-0.25, -0.2) is 8.42 Å². The minimum absolute atomic E-state index is 0.00680. The summed E-state index contributed by atoms with van der Waals surface area (Å²) in [5, 5.41) is 3.54. The number of rotatable bonds is 7. The highest BCUT2D eigenvalue weighted by Crippen LogP contribution is 2.57. The summed E-state index contributed by atoms with van der Waals surface area (Å²) in [7, 11) is -5.44. The third-order valence-electron chi connectivity index (χ3n) is 8.30. The van der Waals surface area contributed by atoms with E-state index in [2.05, 4.69) is 56.1 Å². The van der Waals surface area contributed by atoms with Gasteiger partial charge in [-0.15, -0.1) is 0 Å². The second kappa shape index (κ2) is 8.06. The topological polar surface area (TPSA) is 67.4 Å². The molecule has 31 heavy (non-hydrogen) atoms. The first-order valence-electron chi connectivity index (χ1n) is 12.0. The van der Waals surface area contributed by atoms with E-state index in [0.29, 0.717) is 5.92 Å². The lowest BCUT2D eigenvalue weighted by molar-refractivity contribution is 0.193. The third kappa shape index (κ3) is 4.69. The molecular formula is C24H40N2O3SSi. The van der Waals surface area contributed by atoms with E-state index in [9.17, 15) is 8.42 Å². The average Bonchev–Trinajstić information content (AvgIpc) is 3.40. The van der Waals surface area contributed by atoms with Crippen molar-refractivity contribution in [1.82, 2.24) is 10.0 Å². The molecule has 1 spiro atoms. The van der Waals surface area contributed by atoms with Crippen LogP contribution in [0.1, 0.15) is 59.3 Å². The maximum Gasteiger partial charge on any atom is 0.234 e. The normalized spacial score (nSPS) is 29.1. The van der Waals surface area contributed by atoms with Crippen molar-refractivity contribution in [1.29, 1.82) is 0 Å². The molecule has 2 atom stereocenters. The molecule has 3 aliphatic carbocycles. The van der Waals surface area contributed by atoms with Crippen molar-refractivity contribution in [2.75, 3.05) is 18.9 Å². The van der Waals surface area contributed by atoms with E-state index in [4.69, 9.17) is 4.43 Å². The highest BCUT2D eigenvalue weighted by Gasteiger charge is 2.49. The molecule has 174 valence electrons. The van der Waals surface area contributed by atoms with Crippen LogP contribution in [0, 0.1) is 17.3 Å². The van der Waals surface area contributed by atoms with Crippen molar-refractivity contribution < 1.29 is 12.8 Å². The molecule has 1 aliphatic heterocycles. The highest BCUT2D eigenvalue weighted by molar-refractivity contribution is 7.89. The van der Waals surface area contributed by atoms with Gasteiger partial charge in [-0.3, -0.25) is 4.72 Å². The Kier molecular flexibility index (Phi) is 6.01. The van der Waals surface area contributed by atoms with Crippen molar-refractivity contribution in [2.24, 2.45) is 17.3 Å². The number of allylic oxidation sites excluding steroid dienone is 4. The summed E-state index contributed by atoms with van der Waals surface area (Å²) in [6.45, 7) is 11.9. The molecule has 4 aliphatic rings. The fourth-order valence-corrected chi connectivity index (χ4v) is 7.49. The Bertz CT molecular complexity index is 910. The van der Waals surface area contributed by atoms with Gasteiger partial charge in [-0.1, -0.05) is 39.7 Å². The second-order valence-corrected chi connectivity index (χ2v) is 18.1. The van der Waals surface area contributed by atoms with E-state index in [1.165, 1.54) is 37.0 Å². The summed E-state index contributed by atoms with van der Waals surface area (Å²) in [5.41, 5.74) is 3.19. The molecule has 0 aromatic rings. The molecule has 0 aromatic carbocycles. The fraction of sp³-hybridized carbons (Fsp3) is 0.750. The van der Waals surface area contributed by atoms with Gasteiger partial charge in [0.2, 0.25) is 10.0 Å². The smallest absolute Gasteiger partial charge is 0.234 e. The minimum Gasteiger partial charge on any atom is -0.416 e. The summed E-state index contributed by atoms with van der Waals surface area (Å²) in [5.74, 6) is 1.56. The maximum absolute atomic E-state index is 13.1. The maximum atomic E-state index is 13.1. The zero-order valence-electron chi connectivity index (χ0n) is 19.9. The van der Waals surface area contributed by atoms with Gasteiger partial charge in [0.05, 0.1) is 5.75 Å². The summed E-state index contributed by atoms with van der Waals surface area (Å²) in [6.07, 6.45) is 13.6. The fourth-order valence-electron chi connectivity index (χ4n) is 5.29. The molecule has 5 nitrogen and oxygen atoms in total. The van der Waals surface area contributed by atoms with Crippen molar-refractivity contribution in [3.05, 3.63) is 35.2 Å². The summed E-state index contributed by atoms with van der Waals surface area (Å²) in [6, 6.07) is 0. The van der Waals surface area contributed by atoms with E-state index >= 15 is 0 Å². The average molecular weight is 465 g/mol. The van der Waals surface area contributed by atoms with Crippen LogP contribution in [0.15, 0.2) is 35.2 Å². The van der Waals surface area contributed by atoms with Crippen LogP contribution in [0.5, 0.6) is 0 Å². The third-order valence-corrected chi connectivity index (χ3v) is 14.1. The molecule has 7 heteroatoms. The zero-order chi connectivity index (χ0) is 22.5. The molecule has 0 aromatic heterocycles.